The van der Waals surface area contributed by atoms with Crippen molar-refractivity contribution in [2.45, 2.75) is 18.8 Å². The number of rotatable bonds is 3. The first-order valence-electron chi connectivity index (χ1n) is 6.92. The summed E-state index contributed by atoms with van der Waals surface area (Å²) in [5.74, 6) is 1.67. The van der Waals surface area contributed by atoms with E-state index in [9.17, 15) is 4.79 Å². The van der Waals surface area contributed by atoms with E-state index in [2.05, 4.69) is 20.5 Å². The Morgan fingerprint density at radius 3 is 3.00 bits per heavy atom. The van der Waals surface area contributed by atoms with Crippen molar-refractivity contribution in [1.82, 2.24) is 15.2 Å². The van der Waals surface area contributed by atoms with Crippen molar-refractivity contribution < 1.29 is 14.3 Å². The number of H-pyrrole nitrogens is 1. The van der Waals surface area contributed by atoms with Crippen LogP contribution in [-0.2, 0) is 0 Å². The number of pyridine rings is 1. The Bertz CT molecular complexity index is 693. The molecular weight excluding hydrogens is 272 g/mol. The van der Waals surface area contributed by atoms with E-state index in [0.29, 0.717) is 42.1 Å². The molecule has 0 atom stereocenters. The molecule has 1 fully saturated rings. The van der Waals surface area contributed by atoms with E-state index < -0.39 is 0 Å². The lowest BCUT2D eigenvalue weighted by atomic mass is 10.1. The van der Waals surface area contributed by atoms with Crippen LogP contribution < -0.4 is 14.8 Å². The molecule has 0 spiro atoms. The summed E-state index contributed by atoms with van der Waals surface area (Å²) in [5.41, 5.74) is 1.49. The van der Waals surface area contributed by atoms with Gasteiger partial charge >= 0.3 is 0 Å². The lowest BCUT2D eigenvalue weighted by molar-refractivity contribution is 0.102. The molecule has 21 heavy (non-hydrogen) atoms. The van der Waals surface area contributed by atoms with Gasteiger partial charge in [0.05, 0.1) is 17.5 Å². The standard InChI is InChI=1S/C14H14N4O3/c19-13(9-7-15-18-12(9)8-1-2-8)16-11-4-3-10-14(17-11)21-6-5-20-10/h3-4,7-8H,1-2,5-6H2,(H,15,18)(H,16,17,19). The van der Waals surface area contributed by atoms with Gasteiger partial charge in [0.1, 0.15) is 19.0 Å². The van der Waals surface area contributed by atoms with E-state index in [-0.39, 0.29) is 5.91 Å². The highest BCUT2D eigenvalue weighted by molar-refractivity contribution is 6.04. The van der Waals surface area contributed by atoms with E-state index in [1.807, 2.05) is 0 Å². The quantitative estimate of drug-likeness (QED) is 0.896. The van der Waals surface area contributed by atoms with Gasteiger partial charge < -0.3 is 14.8 Å². The molecular formula is C14H14N4O3. The molecule has 108 valence electrons. The SMILES string of the molecule is O=C(Nc1ccc2c(n1)OCCO2)c1cn[nH]c1C1CC1. The predicted molar refractivity (Wildman–Crippen MR) is 73.7 cm³/mol. The van der Waals surface area contributed by atoms with Crippen molar-refractivity contribution in [2.24, 2.45) is 0 Å². The summed E-state index contributed by atoms with van der Waals surface area (Å²) < 4.78 is 10.8. The van der Waals surface area contributed by atoms with E-state index in [0.717, 1.165) is 18.5 Å². The first kappa shape index (κ1) is 12.2. The third kappa shape index (κ3) is 2.31. The largest absolute Gasteiger partial charge is 0.484 e. The molecule has 2 aliphatic rings. The minimum absolute atomic E-state index is 0.213. The van der Waals surface area contributed by atoms with Gasteiger partial charge in [0.2, 0.25) is 0 Å². The molecule has 2 aromatic heterocycles. The van der Waals surface area contributed by atoms with Crippen LogP contribution in [0.3, 0.4) is 0 Å². The average Bonchev–Trinajstić information content (AvgIpc) is 3.24. The van der Waals surface area contributed by atoms with Crippen molar-refractivity contribution in [3.8, 4) is 11.6 Å². The number of amides is 1. The lowest BCUT2D eigenvalue weighted by Gasteiger charge is -2.17. The van der Waals surface area contributed by atoms with Gasteiger partial charge in [-0.25, -0.2) is 0 Å². The van der Waals surface area contributed by atoms with Crippen LogP contribution in [0.25, 0.3) is 0 Å². The molecule has 4 rings (SSSR count). The number of fused-ring (bicyclic) bond motifs is 1. The number of nitrogens with one attached hydrogen (secondary N) is 2. The fourth-order valence-corrected chi connectivity index (χ4v) is 2.34. The highest BCUT2D eigenvalue weighted by atomic mass is 16.6. The summed E-state index contributed by atoms with van der Waals surface area (Å²) in [6, 6.07) is 3.44. The molecule has 1 aliphatic carbocycles. The molecule has 1 saturated carbocycles. The van der Waals surface area contributed by atoms with Gasteiger partial charge in [-0.3, -0.25) is 9.89 Å². The molecule has 0 saturated heterocycles. The monoisotopic (exact) mass is 286 g/mol. The predicted octanol–water partition coefficient (Wildman–Crippen LogP) is 1.71. The second kappa shape index (κ2) is 4.76. The van der Waals surface area contributed by atoms with Crippen LogP contribution in [0.15, 0.2) is 18.3 Å². The van der Waals surface area contributed by atoms with Gasteiger partial charge in [-0.2, -0.15) is 10.1 Å². The maximum atomic E-state index is 12.3. The van der Waals surface area contributed by atoms with Crippen molar-refractivity contribution >= 4 is 11.7 Å². The topological polar surface area (TPSA) is 89.1 Å². The number of aromatic amines is 1. The Morgan fingerprint density at radius 2 is 2.14 bits per heavy atom. The third-order valence-electron chi connectivity index (χ3n) is 3.55. The molecule has 0 bridgehead atoms. The van der Waals surface area contributed by atoms with Crippen LogP contribution in [0.1, 0.15) is 34.8 Å². The van der Waals surface area contributed by atoms with E-state index in [4.69, 9.17) is 9.47 Å². The second-order valence-electron chi connectivity index (χ2n) is 5.12. The molecule has 7 nitrogen and oxygen atoms in total. The Kier molecular flexibility index (Phi) is 2.77. The van der Waals surface area contributed by atoms with Crippen LogP contribution in [0.4, 0.5) is 5.82 Å². The first-order valence-corrected chi connectivity index (χ1v) is 6.92. The number of carbonyl (C=O) groups is 1. The van der Waals surface area contributed by atoms with Crippen LogP contribution in [-0.4, -0.2) is 34.3 Å². The van der Waals surface area contributed by atoms with Gasteiger partial charge in [-0.1, -0.05) is 0 Å². The average molecular weight is 286 g/mol. The van der Waals surface area contributed by atoms with Crippen LogP contribution in [0.2, 0.25) is 0 Å². The third-order valence-corrected chi connectivity index (χ3v) is 3.55. The summed E-state index contributed by atoms with van der Waals surface area (Å²) in [6.07, 6.45) is 3.76. The maximum Gasteiger partial charge on any atom is 0.260 e. The highest BCUT2D eigenvalue weighted by Crippen LogP contribution is 2.40. The van der Waals surface area contributed by atoms with Gasteiger partial charge in [-0.05, 0) is 25.0 Å². The Morgan fingerprint density at radius 1 is 1.29 bits per heavy atom. The summed E-state index contributed by atoms with van der Waals surface area (Å²) in [5, 5.41) is 9.65. The molecule has 0 unspecified atom stereocenters. The van der Waals surface area contributed by atoms with Crippen LogP contribution in [0, 0.1) is 0 Å². The molecule has 0 aromatic carbocycles. The Labute approximate surface area is 120 Å². The van der Waals surface area contributed by atoms with Crippen molar-refractivity contribution in [3.05, 3.63) is 29.6 Å². The number of ether oxygens (including phenoxy) is 2. The number of hydrogen-bond acceptors (Lipinski definition) is 5. The van der Waals surface area contributed by atoms with E-state index in [1.165, 1.54) is 0 Å². The minimum atomic E-state index is -0.213. The Balaban J connectivity index is 1.55. The van der Waals surface area contributed by atoms with E-state index >= 15 is 0 Å². The number of nitrogens with zero attached hydrogens (tertiary/aromatic N) is 2. The summed E-state index contributed by atoms with van der Waals surface area (Å²) in [4.78, 5) is 16.6. The lowest BCUT2D eigenvalue weighted by Crippen LogP contribution is -2.18. The second-order valence-corrected chi connectivity index (χ2v) is 5.12. The van der Waals surface area contributed by atoms with Gasteiger partial charge in [0.15, 0.2) is 5.75 Å². The fourth-order valence-electron chi connectivity index (χ4n) is 2.34. The van der Waals surface area contributed by atoms with Crippen LogP contribution in [0.5, 0.6) is 11.6 Å². The number of hydrogen-bond donors (Lipinski definition) is 2. The first-order chi connectivity index (χ1) is 10.3. The molecule has 2 N–H and O–H groups in total. The normalized spacial score (nSPS) is 16.6. The molecule has 3 heterocycles. The van der Waals surface area contributed by atoms with Crippen LogP contribution >= 0.6 is 0 Å². The zero-order chi connectivity index (χ0) is 14.2. The summed E-state index contributed by atoms with van der Waals surface area (Å²) >= 11 is 0. The van der Waals surface area contributed by atoms with Gasteiger partial charge in [0, 0.05) is 5.92 Å². The summed E-state index contributed by atoms with van der Waals surface area (Å²) in [7, 11) is 0. The number of aromatic nitrogens is 3. The Hall–Kier alpha value is -2.57. The zero-order valence-electron chi connectivity index (χ0n) is 11.3. The summed E-state index contributed by atoms with van der Waals surface area (Å²) in [6.45, 7) is 0.977. The van der Waals surface area contributed by atoms with Crippen molar-refractivity contribution in [3.63, 3.8) is 0 Å². The molecule has 2 aromatic rings. The van der Waals surface area contributed by atoms with Gasteiger partial charge in [0.25, 0.3) is 11.8 Å². The van der Waals surface area contributed by atoms with Gasteiger partial charge in [-0.15, -0.1) is 0 Å². The maximum absolute atomic E-state index is 12.3. The number of carbonyl (C=O) groups excluding carboxylic acids is 1. The molecule has 1 amide bonds. The molecule has 0 radical (unpaired) electrons. The van der Waals surface area contributed by atoms with Crippen molar-refractivity contribution in [1.29, 1.82) is 0 Å². The van der Waals surface area contributed by atoms with E-state index in [1.54, 1.807) is 18.3 Å². The molecule has 7 heteroatoms. The van der Waals surface area contributed by atoms with Crippen molar-refractivity contribution in [2.75, 3.05) is 18.5 Å². The molecule has 1 aliphatic heterocycles. The smallest absolute Gasteiger partial charge is 0.260 e. The minimum Gasteiger partial charge on any atom is -0.484 e. The zero-order valence-corrected chi connectivity index (χ0v) is 11.3. The number of anilines is 1. The highest BCUT2D eigenvalue weighted by Gasteiger charge is 2.30. The fraction of sp³-hybridized carbons (Fsp3) is 0.357.